The molecule has 1 amide bonds. The fourth-order valence-corrected chi connectivity index (χ4v) is 1.46. The summed E-state index contributed by atoms with van der Waals surface area (Å²) in [6, 6.07) is 0. The molecule has 7 nitrogen and oxygen atoms in total. The van der Waals surface area contributed by atoms with Gasteiger partial charge in [-0.2, -0.15) is 0 Å². The van der Waals surface area contributed by atoms with Crippen LogP contribution in [0.2, 0.25) is 0 Å². The Labute approximate surface area is 113 Å². The van der Waals surface area contributed by atoms with Crippen LogP contribution in [0, 0.1) is 0 Å². The van der Waals surface area contributed by atoms with Crippen LogP contribution in [-0.4, -0.2) is 40.3 Å². The number of hydrogen-bond donors (Lipinski definition) is 2. The number of rotatable bonds is 6. The number of nitrogens with one attached hydrogen (secondary N) is 2. The molecule has 0 unspecified atom stereocenters. The van der Waals surface area contributed by atoms with Gasteiger partial charge in [-0.1, -0.05) is 5.21 Å². The van der Waals surface area contributed by atoms with E-state index in [1.165, 1.54) is 0 Å². The SMILES string of the molecule is CNCc1cn(CCCNC(=O)OC(C)(C)C)nn1. The zero-order valence-electron chi connectivity index (χ0n) is 12.1. The molecule has 1 aromatic rings. The van der Waals surface area contributed by atoms with Crippen molar-refractivity contribution < 1.29 is 9.53 Å². The molecular weight excluding hydrogens is 246 g/mol. The summed E-state index contributed by atoms with van der Waals surface area (Å²) in [5.74, 6) is 0. The van der Waals surface area contributed by atoms with E-state index in [4.69, 9.17) is 4.74 Å². The summed E-state index contributed by atoms with van der Waals surface area (Å²) >= 11 is 0. The van der Waals surface area contributed by atoms with Gasteiger partial charge in [0.25, 0.3) is 0 Å². The summed E-state index contributed by atoms with van der Waals surface area (Å²) in [6.07, 6.45) is 2.29. The van der Waals surface area contributed by atoms with E-state index in [2.05, 4.69) is 20.9 Å². The van der Waals surface area contributed by atoms with E-state index in [-0.39, 0.29) is 6.09 Å². The van der Waals surface area contributed by atoms with Gasteiger partial charge < -0.3 is 15.4 Å². The van der Waals surface area contributed by atoms with Crippen LogP contribution in [0.25, 0.3) is 0 Å². The zero-order valence-corrected chi connectivity index (χ0v) is 12.1. The van der Waals surface area contributed by atoms with E-state index in [0.29, 0.717) is 19.6 Å². The van der Waals surface area contributed by atoms with Gasteiger partial charge in [-0.25, -0.2) is 4.79 Å². The summed E-state index contributed by atoms with van der Waals surface area (Å²) in [4.78, 5) is 11.4. The van der Waals surface area contributed by atoms with Gasteiger partial charge in [-0.3, -0.25) is 4.68 Å². The third kappa shape index (κ3) is 6.76. The second-order valence-electron chi connectivity index (χ2n) is 5.29. The fraction of sp³-hybridized carbons (Fsp3) is 0.750. The Morgan fingerprint density at radius 1 is 1.47 bits per heavy atom. The Kier molecular flexibility index (Phi) is 5.75. The monoisotopic (exact) mass is 269 g/mol. The number of nitrogens with zero attached hydrogens (tertiary/aromatic N) is 3. The lowest BCUT2D eigenvalue weighted by molar-refractivity contribution is 0.0526. The molecule has 1 rings (SSSR count). The average molecular weight is 269 g/mol. The summed E-state index contributed by atoms with van der Waals surface area (Å²) in [7, 11) is 1.86. The zero-order chi connectivity index (χ0) is 14.3. The third-order valence-electron chi connectivity index (χ3n) is 2.18. The van der Waals surface area contributed by atoms with Crippen LogP contribution in [0.3, 0.4) is 0 Å². The largest absolute Gasteiger partial charge is 0.444 e. The van der Waals surface area contributed by atoms with Crippen LogP contribution >= 0.6 is 0 Å². The lowest BCUT2D eigenvalue weighted by atomic mass is 10.2. The normalized spacial score (nSPS) is 11.4. The van der Waals surface area contributed by atoms with Crippen molar-refractivity contribution in [3.8, 4) is 0 Å². The molecule has 0 saturated carbocycles. The minimum absolute atomic E-state index is 0.387. The van der Waals surface area contributed by atoms with Gasteiger partial charge in [0.05, 0.1) is 5.69 Å². The fourth-order valence-electron chi connectivity index (χ4n) is 1.46. The lowest BCUT2D eigenvalue weighted by Gasteiger charge is -2.19. The summed E-state index contributed by atoms with van der Waals surface area (Å²) in [6.45, 7) is 7.49. The van der Waals surface area contributed by atoms with E-state index in [0.717, 1.165) is 12.1 Å². The minimum atomic E-state index is -0.460. The molecule has 0 aliphatic carbocycles. The van der Waals surface area contributed by atoms with Crippen LogP contribution in [0.5, 0.6) is 0 Å². The Morgan fingerprint density at radius 3 is 2.84 bits per heavy atom. The highest BCUT2D eigenvalue weighted by molar-refractivity contribution is 5.67. The summed E-state index contributed by atoms with van der Waals surface area (Å²) in [5, 5.41) is 13.7. The summed E-state index contributed by atoms with van der Waals surface area (Å²) < 4.78 is 6.90. The number of ether oxygens (including phenoxy) is 1. The molecule has 0 atom stereocenters. The first-order valence-electron chi connectivity index (χ1n) is 6.41. The van der Waals surface area contributed by atoms with Crippen LogP contribution in [-0.2, 0) is 17.8 Å². The van der Waals surface area contributed by atoms with Gasteiger partial charge >= 0.3 is 6.09 Å². The molecule has 1 heterocycles. The number of aromatic nitrogens is 3. The number of alkyl carbamates (subject to hydrolysis) is 1. The first-order chi connectivity index (χ1) is 8.90. The van der Waals surface area contributed by atoms with Gasteiger partial charge in [0.1, 0.15) is 5.60 Å². The Morgan fingerprint density at radius 2 is 2.21 bits per heavy atom. The predicted octanol–water partition coefficient (Wildman–Crippen LogP) is 0.912. The van der Waals surface area contributed by atoms with Crippen molar-refractivity contribution in [3.63, 3.8) is 0 Å². The molecule has 0 aromatic carbocycles. The molecule has 2 N–H and O–H groups in total. The molecule has 0 spiro atoms. The molecular formula is C12H23N5O2. The van der Waals surface area contributed by atoms with E-state index >= 15 is 0 Å². The highest BCUT2D eigenvalue weighted by Gasteiger charge is 2.15. The second-order valence-corrected chi connectivity index (χ2v) is 5.29. The van der Waals surface area contributed by atoms with Crippen molar-refractivity contribution in [1.29, 1.82) is 0 Å². The van der Waals surface area contributed by atoms with Crippen molar-refractivity contribution in [3.05, 3.63) is 11.9 Å². The van der Waals surface area contributed by atoms with Crippen molar-refractivity contribution in [2.75, 3.05) is 13.6 Å². The van der Waals surface area contributed by atoms with Gasteiger partial charge in [0, 0.05) is 25.8 Å². The van der Waals surface area contributed by atoms with Crippen LogP contribution in [0.15, 0.2) is 6.20 Å². The van der Waals surface area contributed by atoms with Crippen molar-refractivity contribution in [2.45, 2.75) is 45.9 Å². The van der Waals surface area contributed by atoms with Crippen molar-refractivity contribution >= 4 is 6.09 Å². The van der Waals surface area contributed by atoms with E-state index in [1.807, 2.05) is 34.0 Å². The molecule has 0 saturated heterocycles. The molecule has 1 aromatic heterocycles. The quantitative estimate of drug-likeness (QED) is 0.750. The highest BCUT2D eigenvalue weighted by atomic mass is 16.6. The molecule has 0 radical (unpaired) electrons. The molecule has 7 heteroatoms. The highest BCUT2D eigenvalue weighted by Crippen LogP contribution is 2.06. The maximum atomic E-state index is 11.4. The smallest absolute Gasteiger partial charge is 0.407 e. The number of hydrogen-bond acceptors (Lipinski definition) is 5. The van der Waals surface area contributed by atoms with Crippen LogP contribution in [0.1, 0.15) is 32.9 Å². The van der Waals surface area contributed by atoms with E-state index in [1.54, 1.807) is 4.68 Å². The van der Waals surface area contributed by atoms with Crippen LogP contribution < -0.4 is 10.6 Å². The number of carbonyl (C=O) groups is 1. The molecule has 0 fully saturated rings. The molecule has 19 heavy (non-hydrogen) atoms. The lowest BCUT2D eigenvalue weighted by Crippen LogP contribution is -2.33. The number of carbonyl (C=O) groups excluding carboxylic acids is 1. The first kappa shape index (κ1) is 15.4. The van der Waals surface area contributed by atoms with E-state index in [9.17, 15) is 4.79 Å². The van der Waals surface area contributed by atoms with Crippen LogP contribution in [0.4, 0.5) is 4.79 Å². The topological polar surface area (TPSA) is 81.1 Å². The van der Waals surface area contributed by atoms with Gasteiger partial charge in [0.2, 0.25) is 0 Å². The summed E-state index contributed by atoms with van der Waals surface area (Å²) in [5.41, 5.74) is 0.445. The molecule has 108 valence electrons. The van der Waals surface area contributed by atoms with Crippen molar-refractivity contribution in [2.24, 2.45) is 0 Å². The average Bonchev–Trinajstić information content (AvgIpc) is 2.70. The minimum Gasteiger partial charge on any atom is -0.444 e. The molecule has 0 aliphatic rings. The van der Waals surface area contributed by atoms with Gasteiger partial charge in [0.15, 0.2) is 0 Å². The van der Waals surface area contributed by atoms with Gasteiger partial charge in [-0.05, 0) is 34.2 Å². The molecule has 0 bridgehead atoms. The first-order valence-corrected chi connectivity index (χ1v) is 6.41. The maximum absolute atomic E-state index is 11.4. The Bertz CT molecular complexity index is 397. The maximum Gasteiger partial charge on any atom is 0.407 e. The Balaban J connectivity index is 2.18. The van der Waals surface area contributed by atoms with Crippen molar-refractivity contribution in [1.82, 2.24) is 25.6 Å². The Hall–Kier alpha value is -1.63. The number of amides is 1. The second kappa shape index (κ2) is 7.08. The standard InChI is InChI=1S/C12H23N5O2/c1-12(2,3)19-11(18)14-6-5-7-17-9-10(8-13-4)15-16-17/h9,13H,5-8H2,1-4H3,(H,14,18). The number of aryl methyl sites for hydroxylation is 1. The molecule has 0 aliphatic heterocycles. The third-order valence-corrected chi connectivity index (χ3v) is 2.18. The van der Waals surface area contributed by atoms with Gasteiger partial charge in [-0.15, -0.1) is 5.10 Å². The predicted molar refractivity (Wildman–Crippen MR) is 71.6 cm³/mol. The van der Waals surface area contributed by atoms with E-state index < -0.39 is 5.60 Å².